The van der Waals surface area contributed by atoms with Gasteiger partial charge in [0.25, 0.3) is 0 Å². The predicted octanol–water partition coefficient (Wildman–Crippen LogP) is 1.86. The number of aryl methyl sites for hydroxylation is 1. The summed E-state index contributed by atoms with van der Waals surface area (Å²) in [7, 11) is 3.67. The first-order chi connectivity index (χ1) is 7.13. The summed E-state index contributed by atoms with van der Waals surface area (Å²) in [6, 6.07) is 0. The van der Waals surface area contributed by atoms with Crippen molar-refractivity contribution in [2.45, 2.75) is 19.9 Å². The number of carbonyl (C=O) groups excluding carboxylic acids is 1. The Labute approximate surface area is 119 Å². The van der Waals surface area contributed by atoms with Crippen molar-refractivity contribution in [2.24, 2.45) is 0 Å². The molecule has 17 heavy (non-hydrogen) atoms. The Morgan fingerprint density at radius 1 is 1.53 bits per heavy atom. The lowest BCUT2D eigenvalue weighted by atomic mass is 10.3. The molecule has 0 radical (unpaired) electrons. The molecule has 0 atom stereocenters. The minimum Gasteiger partial charge on any atom is -0.341 e. The monoisotopic (exact) mass is 299 g/mol. The molecule has 1 aromatic heterocycles. The van der Waals surface area contributed by atoms with Gasteiger partial charge < -0.3 is 10.2 Å². The highest BCUT2D eigenvalue weighted by Gasteiger charge is 2.09. The van der Waals surface area contributed by atoms with Crippen LogP contribution < -0.4 is 5.32 Å². The van der Waals surface area contributed by atoms with Crippen LogP contribution in [-0.4, -0.2) is 36.4 Å². The average Bonchev–Trinajstić information content (AvgIpc) is 2.60. The third-order valence-electron chi connectivity index (χ3n) is 2.08. The molecule has 0 spiro atoms. The van der Waals surface area contributed by atoms with Gasteiger partial charge in [0.1, 0.15) is 0 Å². The van der Waals surface area contributed by atoms with Crippen LogP contribution in [0.25, 0.3) is 0 Å². The summed E-state index contributed by atoms with van der Waals surface area (Å²) in [5, 5.41) is 4.01. The molecule has 100 valence electrons. The number of nitrogens with one attached hydrogen (secondary N) is 1. The van der Waals surface area contributed by atoms with Crippen LogP contribution in [0.3, 0.4) is 0 Å². The van der Waals surface area contributed by atoms with Gasteiger partial charge in [-0.05, 0) is 14.0 Å². The first-order valence-corrected chi connectivity index (χ1v) is 5.75. The molecule has 0 aliphatic carbocycles. The van der Waals surface area contributed by atoms with E-state index in [0.29, 0.717) is 13.0 Å². The fraction of sp³-hybridized carbons (Fsp3) is 0.600. The standard InChI is InChI=1S/C10H17N3OS.2ClH/c1-8-12-6-9(15-8)7-13(3)10(14)4-5-11-2;;/h6,11H,4-5,7H2,1-3H3;2*1H. The summed E-state index contributed by atoms with van der Waals surface area (Å²) in [6.07, 6.45) is 2.38. The molecule has 1 heterocycles. The summed E-state index contributed by atoms with van der Waals surface area (Å²) in [6.45, 7) is 3.36. The fourth-order valence-corrected chi connectivity index (χ4v) is 2.07. The van der Waals surface area contributed by atoms with Gasteiger partial charge in [-0.1, -0.05) is 0 Å². The van der Waals surface area contributed by atoms with Crippen molar-refractivity contribution in [2.75, 3.05) is 20.6 Å². The normalized spacial score (nSPS) is 9.12. The third-order valence-corrected chi connectivity index (χ3v) is 2.97. The molecule has 1 N–H and O–H groups in total. The smallest absolute Gasteiger partial charge is 0.223 e. The van der Waals surface area contributed by atoms with E-state index in [1.54, 1.807) is 16.2 Å². The Kier molecular flexibility index (Phi) is 10.8. The van der Waals surface area contributed by atoms with Gasteiger partial charge in [0, 0.05) is 31.1 Å². The van der Waals surface area contributed by atoms with Gasteiger partial charge in [0.2, 0.25) is 5.91 Å². The largest absolute Gasteiger partial charge is 0.341 e. The molecule has 7 heteroatoms. The van der Waals surface area contributed by atoms with E-state index in [0.717, 1.165) is 16.4 Å². The zero-order chi connectivity index (χ0) is 11.3. The van der Waals surface area contributed by atoms with E-state index in [1.165, 1.54) is 0 Å². The molecule has 0 saturated carbocycles. The lowest BCUT2D eigenvalue weighted by Crippen LogP contribution is -2.28. The minimum absolute atomic E-state index is 0. The van der Waals surface area contributed by atoms with Gasteiger partial charge in [-0.25, -0.2) is 4.98 Å². The topological polar surface area (TPSA) is 45.2 Å². The number of amides is 1. The van der Waals surface area contributed by atoms with Crippen LogP contribution in [-0.2, 0) is 11.3 Å². The number of nitrogens with zero attached hydrogens (tertiary/aromatic N) is 2. The predicted molar refractivity (Wildman–Crippen MR) is 76.4 cm³/mol. The van der Waals surface area contributed by atoms with Crippen LogP contribution in [0.2, 0.25) is 0 Å². The maximum absolute atomic E-state index is 11.6. The van der Waals surface area contributed by atoms with E-state index in [4.69, 9.17) is 0 Å². The molecule has 1 rings (SSSR count). The average molecular weight is 300 g/mol. The first-order valence-electron chi connectivity index (χ1n) is 4.93. The molecule has 4 nitrogen and oxygen atoms in total. The molecule has 0 bridgehead atoms. The summed E-state index contributed by atoms with van der Waals surface area (Å²) in [5.74, 6) is 0.162. The van der Waals surface area contributed by atoms with Crippen LogP contribution >= 0.6 is 36.2 Å². The van der Waals surface area contributed by atoms with Crippen molar-refractivity contribution in [3.63, 3.8) is 0 Å². The summed E-state index contributed by atoms with van der Waals surface area (Å²) in [4.78, 5) is 18.6. The Balaban J connectivity index is 0. The lowest BCUT2D eigenvalue weighted by Gasteiger charge is -2.15. The number of thiazole rings is 1. The Morgan fingerprint density at radius 3 is 2.65 bits per heavy atom. The number of hydrogen-bond acceptors (Lipinski definition) is 4. The SMILES string of the molecule is CNCCC(=O)N(C)Cc1cnc(C)s1.Cl.Cl. The van der Waals surface area contributed by atoms with Crippen LogP contribution in [0.15, 0.2) is 6.20 Å². The van der Waals surface area contributed by atoms with E-state index in [1.807, 2.05) is 27.2 Å². The molecular formula is C10H19Cl2N3OS. The van der Waals surface area contributed by atoms with E-state index in [-0.39, 0.29) is 30.7 Å². The number of aromatic nitrogens is 1. The molecule has 0 aromatic carbocycles. The molecule has 0 fully saturated rings. The van der Waals surface area contributed by atoms with E-state index < -0.39 is 0 Å². The number of halogens is 2. The lowest BCUT2D eigenvalue weighted by molar-refractivity contribution is -0.130. The highest BCUT2D eigenvalue weighted by atomic mass is 35.5. The zero-order valence-electron chi connectivity index (χ0n) is 10.2. The molecule has 1 aromatic rings. The van der Waals surface area contributed by atoms with Crippen molar-refractivity contribution >= 4 is 42.1 Å². The van der Waals surface area contributed by atoms with E-state index in [2.05, 4.69) is 10.3 Å². The Morgan fingerprint density at radius 2 is 2.18 bits per heavy atom. The van der Waals surface area contributed by atoms with E-state index in [9.17, 15) is 4.79 Å². The van der Waals surface area contributed by atoms with E-state index >= 15 is 0 Å². The van der Waals surface area contributed by atoms with Crippen molar-refractivity contribution in [3.8, 4) is 0 Å². The van der Waals surface area contributed by atoms with Crippen molar-refractivity contribution in [3.05, 3.63) is 16.1 Å². The second-order valence-electron chi connectivity index (χ2n) is 3.45. The molecule has 0 aliphatic rings. The maximum atomic E-state index is 11.6. The number of hydrogen-bond donors (Lipinski definition) is 1. The molecule has 0 saturated heterocycles. The molecule has 1 amide bonds. The molecule has 0 unspecified atom stereocenters. The van der Waals surface area contributed by atoms with Crippen LogP contribution in [0, 0.1) is 6.92 Å². The van der Waals surface area contributed by atoms with Gasteiger partial charge in [0.05, 0.1) is 11.6 Å². The van der Waals surface area contributed by atoms with Crippen molar-refractivity contribution in [1.29, 1.82) is 0 Å². The minimum atomic E-state index is 0. The fourth-order valence-electron chi connectivity index (χ4n) is 1.22. The Hall–Kier alpha value is -0.360. The molecule has 0 aliphatic heterocycles. The van der Waals surface area contributed by atoms with Gasteiger partial charge >= 0.3 is 0 Å². The van der Waals surface area contributed by atoms with Gasteiger partial charge in [0.15, 0.2) is 0 Å². The zero-order valence-corrected chi connectivity index (χ0v) is 12.7. The highest BCUT2D eigenvalue weighted by Crippen LogP contribution is 2.13. The van der Waals surface area contributed by atoms with Crippen molar-refractivity contribution in [1.82, 2.24) is 15.2 Å². The molecular weight excluding hydrogens is 281 g/mol. The summed E-state index contributed by atoms with van der Waals surface area (Å²) in [5.41, 5.74) is 0. The van der Waals surface area contributed by atoms with Gasteiger partial charge in [-0.2, -0.15) is 0 Å². The van der Waals surface area contributed by atoms with Crippen LogP contribution in [0.5, 0.6) is 0 Å². The summed E-state index contributed by atoms with van der Waals surface area (Å²) >= 11 is 1.64. The van der Waals surface area contributed by atoms with Crippen LogP contribution in [0.4, 0.5) is 0 Å². The van der Waals surface area contributed by atoms with Crippen LogP contribution in [0.1, 0.15) is 16.3 Å². The Bertz CT molecular complexity index is 333. The quantitative estimate of drug-likeness (QED) is 0.903. The van der Waals surface area contributed by atoms with Gasteiger partial charge in [-0.15, -0.1) is 36.2 Å². The summed E-state index contributed by atoms with van der Waals surface area (Å²) < 4.78 is 0. The second kappa shape index (κ2) is 9.65. The maximum Gasteiger partial charge on any atom is 0.223 e. The second-order valence-corrected chi connectivity index (χ2v) is 4.77. The number of rotatable bonds is 5. The van der Waals surface area contributed by atoms with Gasteiger partial charge in [-0.3, -0.25) is 4.79 Å². The third kappa shape index (κ3) is 6.83. The number of carbonyl (C=O) groups is 1. The first kappa shape index (κ1) is 19.0. The highest BCUT2D eigenvalue weighted by molar-refractivity contribution is 7.11. The van der Waals surface area contributed by atoms with Crippen molar-refractivity contribution < 1.29 is 4.79 Å².